The van der Waals surface area contributed by atoms with E-state index in [0.717, 1.165) is 30.6 Å². The first kappa shape index (κ1) is 16.0. The highest BCUT2D eigenvalue weighted by Crippen LogP contribution is 2.33. The maximum atomic E-state index is 11.7. The number of carbonyl (C=O) groups excluding carboxylic acids is 1. The van der Waals surface area contributed by atoms with E-state index in [9.17, 15) is 14.9 Å². The molecule has 1 aliphatic rings. The van der Waals surface area contributed by atoms with E-state index >= 15 is 0 Å². The van der Waals surface area contributed by atoms with Crippen LogP contribution in [0.3, 0.4) is 0 Å². The standard InChI is InChI=1S/C14H18N2O3S2/c17-13(15-8-6-11-4-2-1-3-5-11)10-21-12-7-9-20-14(12)16(18)19/h4,7,9H,1-3,5-6,8,10H2,(H,15,17). The van der Waals surface area contributed by atoms with Gasteiger partial charge in [-0.05, 0) is 43.6 Å². The van der Waals surface area contributed by atoms with E-state index in [-0.39, 0.29) is 16.7 Å². The summed E-state index contributed by atoms with van der Waals surface area (Å²) in [4.78, 5) is 22.7. The minimum Gasteiger partial charge on any atom is -0.355 e. The summed E-state index contributed by atoms with van der Waals surface area (Å²) >= 11 is 2.31. The molecule has 0 aromatic carbocycles. The van der Waals surface area contributed by atoms with Crippen molar-refractivity contribution < 1.29 is 9.72 Å². The molecule has 1 heterocycles. The van der Waals surface area contributed by atoms with Crippen molar-refractivity contribution in [2.45, 2.75) is 37.0 Å². The molecule has 0 spiro atoms. The van der Waals surface area contributed by atoms with Gasteiger partial charge in [0.1, 0.15) is 0 Å². The van der Waals surface area contributed by atoms with Gasteiger partial charge in [0.2, 0.25) is 5.91 Å². The van der Waals surface area contributed by atoms with Gasteiger partial charge in [0.25, 0.3) is 0 Å². The summed E-state index contributed by atoms with van der Waals surface area (Å²) < 4.78 is 0. The Morgan fingerprint density at radius 3 is 3.05 bits per heavy atom. The summed E-state index contributed by atoms with van der Waals surface area (Å²) in [5.41, 5.74) is 1.43. The van der Waals surface area contributed by atoms with E-state index in [1.165, 1.54) is 30.2 Å². The summed E-state index contributed by atoms with van der Waals surface area (Å²) in [5, 5.41) is 15.4. The van der Waals surface area contributed by atoms with Gasteiger partial charge in [-0.25, -0.2) is 0 Å². The summed E-state index contributed by atoms with van der Waals surface area (Å²) in [6, 6.07) is 1.69. The SMILES string of the molecule is O=C(CSc1ccsc1[N+](=O)[O-])NCCC1=CCCCC1. The molecule has 0 saturated heterocycles. The first-order valence-corrected chi connectivity index (χ1v) is 8.82. The Morgan fingerprint density at radius 1 is 1.48 bits per heavy atom. The van der Waals surface area contributed by atoms with Crippen molar-refractivity contribution in [3.05, 3.63) is 33.2 Å². The molecule has 114 valence electrons. The fourth-order valence-corrected chi connectivity index (χ4v) is 3.98. The highest BCUT2D eigenvalue weighted by molar-refractivity contribution is 8.00. The summed E-state index contributed by atoms with van der Waals surface area (Å²) in [6.07, 6.45) is 8.00. The lowest BCUT2D eigenvalue weighted by molar-refractivity contribution is -0.382. The van der Waals surface area contributed by atoms with Gasteiger partial charge in [0.15, 0.2) is 0 Å². The minimum atomic E-state index is -0.402. The molecule has 1 amide bonds. The Morgan fingerprint density at radius 2 is 2.33 bits per heavy atom. The van der Waals surface area contributed by atoms with Gasteiger partial charge in [-0.2, -0.15) is 0 Å². The molecule has 0 unspecified atom stereocenters. The third kappa shape index (κ3) is 5.17. The van der Waals surface area contributed by atoms with Crippen molar-refractivity contribution in [1.29, 1.82) is 0 Å². The molecule has 0 aliphatic heterocycles. The van der Waals surface area contributed by atoms with Crippen molar-refractivity contribution >= 4 is 34.0 Å². The predicted octanol–water partition coefficient (Wildman–Crippen LogP) is 3.76. The number of allylic oxidation sites excluding steroid dienone is 1. The maximum Gasteiger partial charge on any atom is 0.337 e. The molecule has 2 rings (SSSR count). The monoisotopic (exact) mass is 326 g/mol. The Bertz CT molecular complexity index is 540. The van der Waals surface area contributed by atoms with Crippen LogP contribution in [0.1, 0.15) is 32.1 Å². The Balaban J connectivity index is 1.68. The number of hydrogen-bond acceptors (Lipinski definition) is 5. The maximum absolute atomic E-state index is 11.7. The van der Waals surface area contributed by atoms with E-state index in [1.807, 2.05) is 0 Å². The fraction of sp³-hybridized carbons (Fsp3) is 0.500. The molecule has 0 saturated carbocycles. The molecular weight excluding hydrogens is 308 g/mol. The molecule has 21 heavy (non-hydrogen) atoms. The first-order chi connectivity index (χ1) is 10.2. The topological polar surface area (TPSA) is 72.2 Å². The number of thioether (sulfide) groups is 1. The van der Waals surface area contributed by atoms with Crippen LogP contribution in [-0.4, -0.2) is 23.1 Å². The predicted molar refractivity (Wildman–Crippen MR) is 85.9 cm³/mol. The zero-order valence-corrected chi connectivity index (χ0v) is 13.3. The van der Waals surface area contributed by atoms with Crippen LogP contribution in [-0.2, 0) is 4.79 Å². The van der Waals surface area contributed by atoms with Gasteiger partial charge >= 0.3 is 5.00 Å². The van der Waals surface area contributed by atoms with E-state index < -0.39 is 4.92 Å². The minimum absolute atomic E-state index is 0.0723. The highest BCUT2D eigenvalue weighted by atomic mass is 32.2. The zero-order valence-electron chi connectivity index (χ0n) is 11.7. The molecule has 7 heteroatoms. The second kappa shape index (κ2) is 8.19. The molecule has 1 aromatic rings. The van der Waals surface area contributed by atoms with Crippen molar-refractivity contribution in [1.82, 2.24) is 5.32 Å². The fourth-order valence-electron chi connectivity index (χ4n) is 2.22. The third-order valence-electron chi connectivity index (χ3n) is 3.29. The molecule has 1 N–H and O–H groups in total. The van der Waals surface area contributed by atoms with Crippen LogP contribution < -0.4 is 5.32 Å². The van der Waals surface area contributed by atoms with E-state index in [0.29, 0.717) is 11.4 Å². The normalized spacial score (nSPS) is 14.6. The second-order valence-electron chi connectivity index (χ2n) is 4.84. The van der Waals surface area contributed by atoms with Gasteiger partial charge < -0.3 is 5.32 Å². The van der Waals surface area contributed by atoms with Gasteiger partial charge in [-0.1, -0.05) is 23.0 Å². The number of rotatable bonds is 7. The Kier molecular flexibility index (Phi) is 6.25. The smallest absolute Gasteiger partial charge is 0.337 e. The largest absolute Gasteiger partial charge is 0.355 e. The Hall–Kier alpha value is -1.34. The van der Waals surface area contributed by atoms with Crippen molar-refractivity contribution in [2.75, 3.05) is 12.3 Å². The average Bonchev–Trinajstić information content (AvgIpc) is 2.95. The highest BCUT2D eigenvalue weighted by Gasteiger charge is 2.16. The molecule has 1 aromatic heterocycles. The van der Waals surface area contributed by atoms with Crippen LogP contribution >= 0.6 is 23.1 Å². The zero-order chi connectivity index (χ0) is 15.1. The third-order valence-corrected chi connectivity index (χ3v) is 5.33. The van der Waals surface area contributed by atoms with Crippen LogP contribution in [0.15, 0.2) is 28.0 Å². The lowest BCUT2D eigenvalue weighted by atomic mass is 9.97. The summed E-state index contributed by atoms with van der Waals surface area (Å²) in [6.45, 7) is 0.650. The number of nitro groups is 1. The molecule has 0 radical (unpaired) electrons. The average molecular weight is 326 g/mol. The number of nitrogens with zero attached hydrogens (tertiary/aromatic N) is 1. The summed E-state index contributed by atoms with van der Waals surface area (Å²) in [5.74, 6) is 0.147. The van der Waals surface area contributed by atoms with Crippen LogP contribution in [0.4, 0.5) is 5.00 Å². The second-order valence-corrected chi connectivity index (χ2v) is 6.76. The molecule has 1 aliphatic carbocycles. The number of hydrogen-bond donors (Lipinski definition) is 1. The van der Waals surface area contributed by atoms with Crippen molar-refractivity contribution in [3.63, 3.8) is 0 Å². The Labute approximate surface area is 132 Å². The lowest BCUT2D eigenvalue weighted by Gasteiger charge is -2.12. The number of thiophene rings is 1. The van der Waals surface area contributed by atoms with Gasteiger partial charge in [-0.15, -0.1) is 11.8 Å². The first-order valence-electron chi connectivity index (χ1n) is 6.96. The molecule has 0 atom stereocenters. The number of nitrogens with one attached hydrogen (secondary N) is 1. The molecule has 0 bridgehead atoms. The quantitative estimate of drug-likeness (QED) is 0.358. The molecular formula is C14H18N2O3S2. The van der Waals surface area contributed by atoms with Gasteiger partial charge in [0, 0.05) is 6.54 Å². The van der Waals surface area contributed by atoms with Crippen LogP contribution in [0.5, 0.6) is 0 Å². The van der Waals surface area contributed by atoms with Crippen LogP contribution in [0.2, 0.25) is 0 Å². The van der Waals surface area contributed by atoms with E-state index in [2.05, 4.69) is 11.4 Å². The number of amides is 1. The number of carbonyl (C=O) groups is 1. The van der Waals surface area contributed by atoms with Crippen molar-refractivity contribution in [3.8, 4) is 0 Å². The van der Waals surface area contributed by atoms with Crippen molar-refractivity contribution in [2.24, 2.45) is 0 Å². The van der Waals surface area contributed by atoms with E-state index in [1.54, 1.807) is 11.4 Å². The van der Waals surface area contributed by atoms with Crippen LogP contribution in [0, 0.1) is 10.1 Å². The molecule has 5 nitrogen and oxygen atoms in total. The van der Waals surface area contributed by atoms with Crippen LogP contribution in [0.25, 0.3) is 0 Å². The van der Waals surface area contributed by atoms with Gasteiger partial charge in [-0.3, -0.25) is 14.9 Å². The lowest BCUT2D eigenvalue weighted by Crippen LogP contribution is -2.26. The molecule has 0 fully saturated rings. The van der Waals surface area contributed by atoms with Gasteiger partial charge in [0.05, 0.1) is 15.6 Å². The summed E-state index contributed by atoms with van der Waals surface area (Å²) in [7, 11) is 0. The van der Waals surface area contributed by atoms with E-state index in [4.69, 9.17) is 0 Å².